The van der Waals surface area contributed by atoms with Gasteiger partial charge in [0.15, 0.2) is 0 Å². The minimum atomic E-state index is 0.699. The van der Waals surface area contributed by atoms with E-state index < -0.39 is 0 Å². The van der Waals surface area contributed by atoms with Crippen molar-refractivity contribution in [3.05, 3.63) is 0 Å². The highest BCUT2D eigenvalue weighted by atomic mass is 16.5. The van der Waals surface area contributed by atoms with E-state index in [0.29, 0.717) is 6.04 Å². The van der Waals surface area contributed by atoms with E-state index in [-0.39, 0.29) is 0 Å². The first-order valence-corrected chi connectivity index (χ1v) is 8.25. The van der Waals surface area contributed by atoms with Crippen LogP contribution in [-0.2, 0) is 9.47 Å². The quantitative estimate of drug-likeness (QED) is 0.590. The highest BCUT2D eigenvalue weighted by Gasteiger charge is 2.21. The largest absolute Gasteiger partial charge is 0.385 e. The topological polar surface area (TPSA) is 33.7 Å². The van der Waals surface area contributed by atoms with Gasteiger partial charge in [-0.25, -0.2) is 0 Å². The van der Waals surface area contributed by atoms with Gasteiger partial charge in [0.25, 0.3) is 0 Å². The molecule has 1 rings (SSSR count). The highest BCUT2D eigenvalue weighted by Crippen LogP contribution is 2.16. The predicted octanol–water partition coefficient (Wildman–Crippen LogP) is 2.14. The Morgan fingerprint density at radius 3 is 2.80 bits per heavy atom. The summed E-state index contributed by atoms with van der Waals surface area (Å²) < 4.78 is 10.7. The lowest BCUT2D eigenvalue weighted by Gasteiger charge is -2.36. The van der Waals surface area contributed by atoms with Crippen molar-refractivity contribution >= 4 is 0 Å². The number of methoxy groups -OCH3 is 1. The Kier molecular flexibility index (Phi) is 10.3. The summed E-state index contributed by atoms with van der Waals surface area (Å²) in [6.07, 6.45) is 5.04. The number of rotatable bonds is 11. The standard InChI is InChI=1S/C16H34N2O2/c1-15(2)13-17-14-16-7-4-5-8-18(16)9-12-20-11-6-10-19-3/h15-17H,4-14H2,1-3H3. The number of nitrogens with zero attached hydrogens (tertiary/aromatic N) is 1. The molecule has 0 bridgehead atoms. The van der Waals surface area contributed by atoms with Gasteiger partial charge in [-0.2, -0.15) is 0 Å². The minimum absolute atomic E-state index is 0.699. The van der Waals surface area contributed by atoms with Crippen molar-refractivity contribution in [3.8, 4) is 0 Å². The third-order valence-corrected chi connectivity index (χ3v) is 3.84. The van der Waals surface area contributed by atoms with E-state index in [1.54, 1.807) is 7.11 Å². The van der Waals surface area contributed by atoms with Crippen LogP contribution in [0, 0.1) is 5.92 Å². The Labute approximate surface area is 125 Å². The fourth-order valence-electron chi connectivity index (χ4n) is 2.71. The summed E-state index contributed by atoms with van der Waals surface area (Å²) in [6, 6.07) is 0.699. The van der Waals surface area contributed by atoms with Crippen molar-refractivity contribution < 1.29 is 9.47 Å². The van der Waals surface area contributed by atoms with Gasteiger partial charge in [-0.3, -0.25) is 4.90 Å². The van der Waals surface area contributed by atoms with E-state index in [4.69, 9.17) is 9.47 Å². The molecule has 1 saturated heterocycles. The van der Waals surface area contributed by atoms with Crippen LogP contribution in [0.3, 0.4) is 0 Å². The minimum Gasteiger partial charge on any atom is -0.385 e. The first-order chi connectivity index (χ1) is 9.74. The van der Waals surface area contributed by atoms with Crippen molar-refractivity contribution in [3.63, 3.8) is 0 Å². The smallest absolute Gasteiger partial charge is 0.0593 e. The second-order valence-corrected chi connectivity index (χ2v) is 6.20. The highest BCUT2D eigenvalue weighted by molar-refractivity contribution is 4.78. The normalized spacial score (nSPS) is 20.7. The van der Waals surface area contributed by atoms with Crippen LogP contribution < -0.4 is 5.32 Å². The zero-order chi connectivity index (χ0) is 14.6. The molecular formula is C16H34N2O2. The summed E-state index contributed by atoms with van der Waals surface area (Å²) in [6.45, 7) is 11.5. The molecule has 20 heavy (non-hydrogen) atoms. The molecule has 0 aliphatic carbocycles. The monoisotopic (exact) mass is 286 g/mol. The van der Waals surface area contributed by atoms with Crippen LogP contribution in [0.2, 0.25) is 0 Å². The Morgan fingerprint density at radius 1 is 1.20 bits per heavy atom. The summed E-state index contributed by atoms with van der Waals surface area (Å²) in [5.41, 5.74) is 0. The first kappa shape index (κ1) is 17.9. The fraction of sp³-hybridized carbons (Fsp3) is 1.00. The molecule has 120 valence electrons. The van der Waals surface area contributed by atoms with Gasteiger partial charge in [-0.15, -0.1) is 0 Å². The van der Waals surface area contributed by atoms with E-state index >= 15 is 0 Å². The van der Waals surface area contributed by atoms with Crippen LogP contribution >= 0.6 is 0 Å². The third-order valence-electron chi connectivity index (χ3n) is 3.84. The molecule has 0 aromatic rings. The van der Waals surface area contributed by atoms with Crippen LogP contribution in [0.5, 0.6) is 0 Å². The van der Waals surface area contributed by atoms with E-state index in [0.717, 1.165) is 51.8 Å². The van der Waals surface area contributed by atoms with Gasteiger partial charge in [-0.05, 0) is 38.3 Å². The Bertz CT molecular complexity index is 225. The zero-order valence-corrected chi connectivity index (χ0v) is 13.7. The van der Waals surface area contributed by atoms with E-state index in [2.05, 4.69) is 24.1 Å². The fourth-order valence-corrected chi connectivity index (χ4v) is 2.71. The summed E-state index contributed by atoms with van der Waals surface area (Å²) in [5.74, 6) is 0.733. The summed E-state index contributed by atoms with van der Waals surface area (Å²) >= 11 is 0. The Morgan fingerprint density at radius 2 is 2.05 bits per heavy atom. The van der Waals surface area contributed by atoms with Crippen molar-refractivity contribution in [1.82, 2.24) is 10.2 Å². The van der Waals surface area contributed by atoms with Crippen molar-refractivity contribution in [2.75, 3.05) is 53.1 Å². The van der Waals surface area contributed by atoms with Gasteiger partial charge in [0.05, 0.1) is 6.61 Å². The van der Waals surface area contributed by atoms with Crippen LogP contribution in [0.15, 0.2) is 0 Å². The summed E-state index contributed by atoms with van der Waals surface area (Å²) in [5, 5.41) is 3.60. The predicted molar refractivity (Wildman–Crippen MR) is 84.2 cm³/mol. The van der Waals surface area contributed by atoms with E-state index in [1.165, 1.54) is 25.8 Å². The van der Waals surface area contributed by atoms with Crippen molar-refractivity contribution in [2.45, 2.75) is 45.6 Å². The van der Waals surface area contributed by atoms with Gasteiger partial charge in [0.2, 0.25) is 0 Å². The summed E-state index contributed by atoms with van der Waals surface area (Å²) in [7, 11) is 1.74. The van der Waals surface area contributed by atoms with Gasteiger partial charge >= 0.3 is 0 Å². The molecule has 1 atom stereocenters. The molecule has 0 aromatic carbocycles. The molecule has 1 aliphatic heterocycles. The van der Waals surface area contributed by atoms with Gasteiger partial charge in [0.1, 0.15) is 0 Å². The second-order valence-electron chi connectivity index (χ2n) is 6.20. The molecule has 0 spiro atoms. The number of hydrogen-bond acceptors (Lipinski definition) is 4. The summed E-state index contributed by atoms with van der Waals surface area (Å²) in [4.78, 5) is 2.60. The SMILES string of the molecule is COCCCOCCN1CCCCC1CNCC(C)C. The lowest BCUT2D eigenvalue weighted by molar-refractivity contribution is 0.0609. The van der Waals surface area contributed by atoms with Crippen LogP contribution in [0.1, 0.15) is 39.5 Å². The molecule has 4 heteroatoms. The van der Waals surface area contributed by atoms with Crippen LogP contribution in [-0.4, -0.2) is 64.1 Å². The molecule has 0 radical (unpaired) electrons. The molecular weight excluding hydrogens is 252 g/mol. The Hall–Kier alpha value is -0.160. The molecule has 0 amide bonds. The number of likely N-dealkylation sites (tertiary alicyclic amines) is 1. The van der Waals surface area contributed by atoms with Crippen molar-refractivity contribution in [1.29, 1.82) is 0 Å². The van der Waals surface area contributed by atoms with Gasteiger partial charge in [-0.1, -0.05) is 20.3 Å². The maximum Gasteiger partial charge on any atom is 0.0593 e. The molecule has 0 saturated carbocycles. The van der Waals surface area contributed by atoms with E-state index in [1.807, 2.05) is 0 Å². The van der Waals surface area contributed by atoms with E-state index in [9.17, 15) is 0 Å². The molecule has 0 aromatic heterocycles. The molecule has 1 heterocycles. The first-order valence-electron chi connectivity index (χ1n) is 8.25. The molecule has 1 unspecified atom stereocenters. The number of ether oxygens (including phenoxy) is 2. The van der Waals surface area contributed by atoms with Gasteiger partial charge < -0.3 is 14.8 Å². The second kappa shape index (κ2) is 11.5. The molecule has 1 N–H and O–H groups in total. The zero-order valence-electron chi connectivity index (χ0n) is 13.7. The lowest BCUT2D eigenvalue weighted by Crippen LogP contribution is -2.47. The maximum atomic E-state index is 5.69. The van der Waals surface area contributed by atoms with Crippen LogP contribution in [0.4, 0.5) is 0 Å². The molecule has 1 fully saturated rings. The third kappa shape index (κ3) is 8.20. The van der Waals surface area contributed by atoms with Crippen molar-refractivity contribution in [2.24, 2.45) is 5.92 Å². The number of piperidine rings is 1. The average molecular weight is 286 g/mol. The Balaban J connectivity index is 2.12. The molecule has 4 nitrogen and oxygen atoms in total. The van der Waals surface area contributed by atoms with Crippen LogP contribution in [0.25, 0.3) is 0 Å². The molecule has 1 aliphatic rings. The maximum absolute atomic E-state index is 5.69. The number of hydrogen-bond donors (Lipinski definition) is 1. The lowest BCUT2D eigenvalue weighted by atomic mass is 10.0. The van der Waals surface area contributed by atoms with Gasteiger partial charge in [0, 0.05) is 39.5 Å². The average Bonchev–Trinajstić information content (AvgIpc) is 2.44. The number of nitrogens with one attached hydrogen (secondary N) is 1.